The SMILES string of the molecule is CCOC(=O)C1CCc2sc(NC(=O)CCC3NC(=O)c4ccccc4NC3=O)nc21. The topological polar surface area (TPSA) is 126 Å². The van der Waals surface area contributed by atoms with E-state index in [1.165, 1.54) is 11.3 Å². The van der Waals surface area contributed by atoms with Gasteiger partial charge in [-0.15, -0.1) is 11.3 Å². The third-order valence-corrected chi connectivity index (χ3v) is 6.29. The Bertz CT molecular complexity index is 1050. The van der Waals surface area contributed by atoms with Crippen molar-refractivity contribution in [1.29, 1.82) is 0 Å². The molecule has 2 unspecified atom stereocenters. The zero-order valence-electron chi connectivity index (χ0n) is 16.9. The number of para-hydroxylation sites is 1. The summed E-state index contributed by atoms with van der Waals surface area (Å²) in [6.45, 7) is 2.07. The lowest BCUT2D eigenvalue weighted by atomic mass is 10.1. The van der Waals surface area contributed by atoms with Crippen LogP contribution in [0, 0.1) is 0 Å². The van der Waals surface area contributed by atoms with Crippen LogP contribution < -0.4 is 16.0 Å². The fourth-order valence-electron chi connectivity index (χ4n) is 3.72. The summed E-state index contributed by atoms with van der Waals surface area (Å²) < 4.78 is 5.10. The number of hydrogen-bond donors (Lipinski definition) is 3. The van der Waals surface area contributed by atoms with Gasteiger partial charge < -0.3 is 20.7 Å². The Morgan fingerprint density at radius 1 is 1.29 bits per heavy atom. The average Bonchev–Trinajstić information content (AvgIpc) is 3.28. The second-order valence-electron chi connectivity index (χ2n) is 7.32. The van der Waals surface area contributed by atoms with Crippen LogP contribution in [-0.2, 0) is 25.5 Å². The first-order valence-corrected chi connectivity index (χ1v) is 10.9. The number of aryl methyl sites for hydroxylation is 1. The molecule has 1 aromatic heterocycles. The molecule has 0 saturated carbocycles. The fourth-order valence-corrected chi connectivity index (χ4v) is 4.78. The van der Waals surface area contributed by atoms with Crippen LogP contribution in [0.15, 0.2) is 24.3 Å². The normalized spacial score (nSPS) is 19.5. The van der Waals surface area contributed by atoms with Gasteiger partial charge in [-0.25, -0.2) is 4.98 Å². The first kappa shape index (κ1) is 21.0. The average molecular weight is 442 g/mol. The molecule has 1 aliphatic heterocycles. The first-order chi connectivity index (χ1) is 15.0. The van der Waals surface area contributed by atoms with Gasteiger partial charge in [0.2, 0.25) is 11.8 Å². The van der Waals surface area contributed by atoms with E-state index in [0.717, 1.165) is 11.3 Å². The zero-order chi connectivity index (χ0) is 22.0. The van der Waals surface area contributed by atoms with Crippen molar-refractivity contribution < 1.29 is 23.9 Å². The number of thiazole rings is 1. The number of aromatic nitrogens is 1. The molecule has 3 N–H and O–H groups in total. The number of hydrogen-bond acceptors (Lipinski definition) is 7. The minimum atomic E-state index is -0.819. The number of carbonyl (C=O) groups excluding carboxylic acids is 4. The standard InChI is InChI=1S/C21H22N4O5S/c1-2-30-20(29)12-7-9-15-17(12)25-21(31-15)24-16(26)10-8-14-19(28)22-13-6-4-3-5-11(13)18(27)23-14/h3-6,12,14H,2,7-10H2,1H3,(H,22,28)(H,23,27)(H,24,25,26). The van der Waals surface area contributed by atoms with E-state index in [4.69, 9.17) is 4.74 Å². The molecule has 0 radical (unpaired) electrons. The summed E-state index contributed by atoms with van der Waals surface area (Å²) in [4.78, 5) is 54.7. The number of anilines is 2. The summed E-state index contributed by atoms with van der Waals surface area (Å²) in [5.41, 5.74) is 1.51. The van der Waals surface area contributed by atoms with E-state index in [-0.39, 0.29) is 42.5 Å². The van der Waals surface area contributed by atoms with Crippen molar-refractivity contribution in [2.45, 2.75) is 44.6 Å². The molecule has 9 nitrogen and oxygen atoms in total. The Balaban J connectivity index is 1.34. The highest BCUT2D eigenvalue weighted by molar-refractivity contribution is 7.16. The molecule has 31 heavy (non-hydrogen) atoms. The molecule has 10 heteroatoms. The molecule has 162 valence electrons. The molecule has 2 aliphatic rings. The number of nitrogens with zero attached hydrogens (tertiary/aromatic N) is 1. The number of rotatable bonds is 6. The van der Waals surface area contributed by atoms with E-state index >= 15 is 0 Å². The van der Waals surface area contributed by atoms with Crippen LogP contribution in [0.2, 0.25) is 0 Å². The summed E-state index contributed by atoms with van der Waals surface area (Å²) >= 11 is 1.35. The van der Waals surface area contributed by atoms with E-state index in [1.807, 2.05) is 0 Å². The molecule has 4 rings (SSSR count). The highest BCUT2D eigenvalue weighted by Gasteiger charge is 2.34. The maximum atomic E-state index is 12.4. The van der Waals surface area contributed by atoms with Crippen molar-refractivity contribution in [2.24, 2.45) is 0 Å². The molecule has 1 aliphatic carbocycles. The highest BCUT2D eigenvalue weighted by atomic mass is 32.1. The van der Waals surface area contributed by atoms with Gasteiger partial charge in [-0.3, -0.25) is 19.2 Å². The lowest BCUT2D eigenvalue weighted by molar-refractivity contribution is -0.145. The minimum absolute atomic E-state index is 0.0280. The molecule has 0 bridgehead atoms. The summed E-state index contributed by atoms with van der Waals surface area (Å²) in [6.07, 6.45) is 1.56. The minimum Gasteiger partial charge on any atom is -0.465 e. The Labute approximate surface area is 182 Å². The second-order valence-corrected chi connectivity index (χ2v) is 8.40. The van der Waals surface area contributed by atoms with Gasteiger partial charge in [-0.2, -0.15) is 0 Å². The van der Waals surface area contributed by atoms with E-state index in [0.29, 0.717) is 35.1 Å². The maximum absolute atomic E-state index is 12.4. The number of ether oxygens (including phenoxy) is 1. The molecule has 2 atom stereocenters. The molecular weight excluding hydrogens is 420 g/mol. The van der Waals surface area contributed by atoms with Crippen LogP contribution in [0.3, 0.4) is 0 Å². The van der Waals surface area contributed by atoms with Crippen molar-refractivity contribution in [1.82, 2.24) is 10.3 Å². The molecule has 0 spiro atoms. The number of fused-ring (bicyclic) bond motifs is 2. The first-order valence-electron chi connectivity index (χ1n) is 10.1. The molecule has 1 aromatic carbocycles. The van der Waals surface area contributed by atoms with Crippen molar-refractivity contribution in [3.05, 3.63) is 40.4 Å². The molecule has 2 heterocycles. The van der Waals surface area contributed by atoms with Gasteiger partial charge in [-0.05, 0) is 38.3 Å². The van der Waals surface area contributed by atoms with Crippen molar-refractivity contribution in [3.8, 4) is 0 Å². The van der Waals surface area contributed by atoms with Gasteiger partial charge in [0.25, 0.3) is 5.91 Å². The molecule has 0 saturated heterocycles. The van der Waals surface area contributed by atoms with Crippen LogP contribution in [-0.4, -0.2) is 41.3 Å². The van der Waals surface area contributed by atoms with Crippen LogP contribution >= 0.6 is 11.3 Å². The Hall–Kier alpha value is -3.27. The van der Waals surface area contributed by atoms with Gasteiger partial charge >= 0.3 is 5.97 Å². The monoisotopic (exact) mass is 442 g/mol. The predicted octanol–water partition coefficient (Wildman–Crippen LogP) is 2.21. The van der Waals surface area contributed by atoms with Gasteiger partial charge in [0.15, 0.2) is 5.13 Å². The fraction of sp³-hybridized carbons (Fsp3) is 0.381. The lowest BCUT2D eigenvalue weighted by Gasteiger charge is -2.14. The summed E-state index contributed by atoms with van der Waals surface area (Å²) in [5, 5.41) is 8.55. The Morgan fingerprint density at radius 2 is 2.10 bits per heavy atom. The summed E-state index contributed by atoms with van der Waals surface area (Å²) in [6, 6.07) is 5.92. The third kappa shape index (κ3) is 4.43. The highest BCUT2D eigenvalue weighted by Crippen LogP contribution is 2.39. The van der Waals surface area contributed by atoms with Crippen molar-refractivity contribution in [3.63, 3.8) is 0 Å². The summed E-state index contributed by atoms with van der Waals surface area (Å²) in [7, 11) is 0. The second kappa shape index (κ2) is 8.84. The number of carbonyl (C=O) groups is 4. The maximum Gasteiger partial charge on any atom is 0.315 e. The summed E-state index contributed by atoms with van der Waals surface area (Å²) in [5.74, 6) is -1.72. The van der Waals surface area contributed by atoms with Crippen LogP contribution in [0.4, 0.5) is 10.8 Å². The van der Waals surface area contributed by atoms with Gasteiger partial charge in [0, 0.05) is 11.3 Å². The molecule has 3 amide bonds. The quantitative estimate of drug-likeness (QED) is 0.589. The number of benzene rings is 1. The number of nitrogens with one attached hydrogen (secondary N) is 3. The smallest absolute Gasteiger partial charge is 0.315 e. The van der Waals surface area contributed by atoms with Crippen molar-refractivity contribution in [2.75, 3.05) is 17.2 Å². The zero-order valence-corrected chi connectivity index (χ0v) is 17.7. The third-order valence-electron chi connectivity index (χ3n) is 5.25. The Kier molecular flexibility index (Phi) is 5.99. The van der Waals surface area contributed by atoms with Crippen LogP contribution in [0.5, 0.6) is 0 Å². The van der Waals surface area contributed by atoms with Gasteiger partial charge in [-0.1, -0.05) is 12.1 Å². The largest absolute Gasteiger partial charge is 0.465 e. The van der Waals surface area contributed by atoms with Gasteiger partial charge in [0.05, 0.1) is 23.6 Å². The van der Waals surface area contributed by atoms with Crippen molar-refractivity contribution >= 4 is 45.8 Å². The van der Waals surface area contributed by atoms with Crippen LogP contribution in [0.25, 0.3) is 0 Å². The van der Waals surface area contributed by atoms with E-state index in [9.17, 15) is 19.2 Å². The number of esters is 1. The van der Waals surface area contributed by atoms with Crippen LogP contribution in [0.1, 0.15) is 53.0 Å². The van der Waals surface area contributed by atoms with E-state index in [2.05, 4.69) is 20.9 Å². The number of amides is 3. The molecule has 0 fully saturated rings. The Morgan fingerprint density at radius 3 is 2.90 bits per heavy atom. The predicted molar refractivity (Wildman–Crippen MR) is 114 cm³/mol. The van der Waals surface area contributed by atoms with E-state index in [1.54, 1.807) is 31.2 Å². The van der Waals surface area contributed by atoms with Gasteiger partial charge in [0.1, 0.15) is 12.0 Å². The lowest BCUT2D eigenvalue weighted by Crippen LogP contribution is -2.41. The van der Waals surface area contributed by atoms with E-state index < -0.39 is 6.04 Å². The molecular formula is C21H22N4O5S. The molecule has 2 aromatic rings.